The number of aryl methyl sites for hydroxylation is 1. The molecular weight excluding hydrogens is 420 g/mol. The number of carbonyl (C=O) groups excluding carboxylic acids is 1. The highest BCUT2D eigenvalue weighted by atomic mass is 16.5. The number of fused-ring (bicyclic) bond motifs is 1. The Morgan fingerprint density at radius 1 is 1.00 bits per heavy atom. The Labute approximate surface area is 192 Å². The SMILES string of the molecule is COCCCCC(=O)c1c(OC)cc(-n2cnc3cc(-c4cnn(C)c4)ccc32)cc1OC. The van der Waals surface area contributed by atoms with Crippen LogP contribution in [-0.4, -0.2) is 53.1 Å². The van der Waals surface area contributed by atoms with Gasteiger partial charge in [0, 0.05) is 51.1 Å². The molecule has 33 heavy (non-hydrogen) atoms. The molecule has 0 aliphatic carbocycles. The third kappa shape index (κ3) is 4.61. The molecule has 4 aromatic rings. The molecule has 0 amide bonds. The number of benzene rings is 2. The largest absolute Gasteiger partial charge is 0.496 e. The van der Waals surface area contributed by atoms with Gasteiger partial charge in [0.2, 0.25) is 0 Å². The molecule has 0 aliphatic heterocycles. The van der Waals surface area contributed by atoms with Crippen molar-refractivity contribution < 1.29 is 19.0 Å². The van der Waals surface area contributed by atoms with Crippen LogP contribution >= 0.6 is 0 Å². The zero-order chi connectivity index (χ0) is 23.4. The van der Waals surface area contributed by atoms with Crippen LogP contribution < -0.4 is 9.47 Å². The Balaban J connectivity index is 1.69. The van der Waals surface area contributed by atoms with Crippen LogP contribution in [0.1, 0.15) is 29.6 Å². The van der Waals surface area contributed by atoms with Crippen LogP contribution in [0.15, 0.2) is 49.1 Å². The molecule has 4 rings (SSSR count). The van der Waals surface area contributed by atoms with Crippen molar-refractivity contribution in [3.05, 3.63) is 54.6 Å². The number of ketones is 1. The van der Waals surface area contributed by atoms with Crippen LogP contribution in [0, 0.1) is 0 Å². The minimum Gasteiger partial charge on any atom is -0.496 e. The van der Waals surface area contributed by atoms with Gasteiger partial charge in [-0.15, -0.1) is 0 Å². The summed E-state index contributed by atoms with van der Waals surface area (Å²) in [5, 5.41) is 4.24. The Kier molecular flexibility index (Phi) is 6.74. The second kappa shape index (κ2) is 9.87. The van der Waals surface area contributed by atoms with Crippen molar-refractivity contribution in [1.82, 2.24) is 19.3 Å². The van der Waals surface area contributed by atoms with Crippen molar-refractivity contribution in [3.8, 4) is 28.3 Å². The summed E-state index contributed by atoms with van der Waals surface area (Å²) < 4.78 is 20.0. The number of carbonyl (C=O) groups is 1. The topological polar surface area (TPSA) is 80.4 Å². The van der Waals surface area contributed by atoms with Gasteiger partial charge >= 0.3 is 0 Å². The number of hydrogen-bond acceptors (Lipinski definition) is 6. The van der Waals surface area contributed by atoms with E-state index in [0.717, 1.165) is 40.7 Å². The first kappa shape index (κ1) is 22.5. The monoisotopic (exact) mass is 448 g/mol. The first-order valence-corrected chi connectivity index (χ1v) is 10.8. The lowest BCUT2D eigenvalue weighted by molar-refractivity contribution is 0.0969. The summed E-state index contributed by atoms with van der Waals surface area (Å²) in [4.78, 5) is 17.5. The maximum atomic E-state index is 12.9. The predicted molar refractivity (Wildman–Crippen MR) is 126 cm³/mol. The number of imidazole rings is 1. The minimum atomic E-state index is -0.0112. The number of rotatable bonds is 10. The van der Waals surface area contributed by atoms with Gasteiger partial charge in [0.05, 0.1) is 37.1 Å². The molecule has 0 fully saturated rings. The Morgan fingerprint density at radius 3 is 2.39 bits per heavy atom. The predicted octanol–water partition coefficient (Wildman–Crippen LogP) is 4.44. The van der Waals surface area contributed by atoms with Crippen molar-refractivity contribution in [2.75, 3.05) is 27.9 Å². The van der Waals surface area contributed by atoms with E-state index < -0.39 is 0 Å². The lowest BCUT2D eigenvalue weighted by atomic mass is 10.0. The van der Waals surface area contributed by atoms with Gasteiger partial charge < -0.3 is 14.2 Å². The number of unbranched alkanes of at least 4 members (excludes halogenated alkanes) is 1. The van der Waals surface area contributed by atoms with Crippen molar-refractivity contribution >= 4 is 16.8 Å². The number of Topliss-reactive ketones (excluding diaryl/α,β-unsaturated/α-hetero) is 1. The van der Waals surface area contributed by atoms with Gasteiger partial charge in [-0.3, -0.25) is 14.0 Å². The molecule has 0 atom stereocenters. The summed E-state index contributed by atoms with van der Waals surface area (Å²) in [6.45, 7) is 0.636. The molecule has 2 aromatic carbocycles. The second-order valence-electron chi connectivity index (χ2n) is 7.82. The van der Waals surface area contributed by atoms with Gasteiger partial charge in [0.1, 0.15) is 23.4 Å². The summed E-state index contributed by atoms with van der Waals surface area (Å²) in [5.74, 6) is 0.952. The molecular formula is C25H28N4O4. The molecule has 0 unspecified atom stereocenters. The standard InChI is InChI=1S/C25H28N4O4/c1-28-15-18(14-27-28)17-8-9-21-20(11-17)26-16-29(21)19-12-23(32-3)25(24(13-19)33-4)22(30)7-5-6-10-31-2/h8-9,11-16H,5-7,10H2,1-4H3. The molecule has 0 spiro atoms. The molecule has 2 heterocycles. The first-order valence-electron chi connectivity index (χ1n) is 10.8. The average molecular weight is 449 g/mol. The summed E-state index contributed by atoms with van der Waals surface area (Å²) in [5.41, 5.74) is 5.13. The van der Waals surface area contributed by atoms with Crippen LogP contribution in [-0.2, 0) is 11.8 Å². The van der Waals surface area contributed by atoms with Crippen LogP contribution in [0.5, 0.6) is 11.5 Å². The number of aromatic nitrogens is 4. The fourth-order valence-electron chi connectivity index (χ4n) is 3.94. The molecule has 172 valence electrons. The molecule has 0 radical (unpaired) electrons. The quantitative estimate of drug-likeness (QED) is 0.264. The second-order valence-corrected chi connectivity index (χ2v) is 7.82. The third-order valence-corrected chi connectivity index (χ3v) is 5.64. The maximum Gasteiger partial charge on any atom is 0.170 e. The summed E-state index contributed by atoms with van der Waals surface area (Å²) in [6, 6.07) is 9.81. The molecule has 8 heteroatoms. The molecule has 0 saturated carbocycles. The Morgan fingerprint density at radius 2 is 1.76 bits per heavy atom. The van der Waals surface area contributed by atoms with E-state index in [4.69, 9.17) is 14.2 Å². The van der Waals surface area contributed by atoms with Crippen molar-refractivity contribution in [2.24, 2.45) is 7.05 Å². The van der Waals surface area contributed by atoms with E-state index in [1.807, 2.05) is 54.3 Å². The fraction of sp³-hybridized carbons (Fsp3) is 0.320. The molecule has 2 aromatic heterocycles. The van der Waals surface area contributed by atoms with Gasteiger partial charge in [-0.25, -0.2) is 4.98 Å². The first-order chi connectivity index (χ1) is 16.0. The van der Waals surface area contributed by atoms with E-state index in [9.17, 15) is 4.79 Å². The number of hydrogen-bond donors (Lipinski definition) is 0. The van der Waals surface area contributed by atoms with Gasteiger partial charge in [-0.1, -0.05) is 6.07 Å². The Bertz CT molecular complexity index is 1250. The summed E-state index contributed by atoms with van der Waals surface area (Å²) in [7, 11) is 6.68. The van der Waals surface area contributed by atoms with Crippen molar-refractivity contribution in [3.63, 3.8) is 0 Å². The highest BCUT2D eigenvalue weighted by Gasteiger charge is 2.21. The van der Waals surface area contributed by atoms with E-state index >= 15 is 0 Å². The van der Waals surface area contributed by atoms with E-state index in [2.05, 4.69) is 10.1 Å². The van der Waals surface area contributed by atoms with Crippen LogP contribution in [0.25, 0.3) is 27.8 Å². The fourth-order valence-corrected chi connectivity index (χ4v) is 3.94. The van der Waals surface area contributed by atoms with Gasteiger partial charge in [0.15, 0.2) is 5.78 Å². The van der Waals surface area contributed by atoms with E-state index in [1.165, 1.54) is 0 Å². The zero-order valence-corrected chi connectivity index (χ0v) is 19.4. The van der Waals surface area contributed by atoms with Gasteiger partial charge in [-0.05, 0) is 30.5 Å². The minimum absolute atomic E-state index is 0.0112. The van der Waals surface area contributed by atoms with Crippen LogP contribution in [0.3, 0.4) is 0 Å². The molecule has 0 bridgehead atoms. The highest BCUT2D eigenvalue weighted by molar-refractivity contribution is 6.01. The summed E-state index contributed by atoms with van der Waals surface area (Å²) in [6.07, 6.45) is 7.54. The van der Waals surface area contributed by atoms with E-state index in [-0.39, 0.29) is 5.78 Å². The smallest absolute Gasteiger partial charge is 0.170 e. The lowest BCUT2D eigenvalue weighted by Crippen LogP contribution is -2.07. The average Bonchev–Trinajstić information content (AvgIpc) is 3.46. The van der Waals surface area contributed by atoms with Crippen LogP contribution in [0.2, 0.25) is 0 Å². The van der Waals surface area contributed by atoms with Gasteiger partial charge in [-0.2, -0.15) is 5.10 Å². The number of nitrogens with zero attached hydrogens (tertiary/aromatic N) is 4. The van der Waals surface area contributed by atoms with Gasteiger partial charge in [0.25, 0.3) is 0 Å². The molecule has 0 aliphatic rings. The zero-order valence-electron chi connectivity index (χ0n) is 19.4. The normalized spacial score (nSPS) is 11.2. The number of methoxy groups -OCH3 is 3. The maximum absolute atomic E-state index is 12.9. The summed E-state index contributed by atoms with van der Waals surface area (Å²) >= 11 is 0. The molecule has 0 N–H and O–H groups in total. The highest BCUT2D eigenvalue weighted by Crippen LogP contribution is 2.35. The van der Waals surface area contributed by atoms with Crippen molar-refractivity contribution in [2.45, 2.75) is 19.3 Å². The third-order valence-electron chi connectivity index (χ3n) is 5.64. The van der Waals surface area contributed by atoms with Crippen molar-refractivity contribution in [1.29, 1.82) is 0 Å². The lowest BCUT2D eigenvalue weighted by Gasteiger charge is -2.15. The number of ether oxygens (including phenoxy) is 3. The molecule has 0 saturated heterocycles. The van der Waals surface area contributed by atoms with Crippen LogP contribution in [0.4, 0.5) is 0 Å². The molecule has 8 nitrogen and oxygen atoms in total. The van der Waals surface area contributed by atoms with E-state index in [1.54, 1.807) is 32.3 Å². The van der Waals surface area contributed by atoms with E-state index in [0.29, 0.717) is 30.1 Å². The Hall–Kier alpha value is -3.65.